The predicted octanol–water partition coefficient (Wildman–Crippen LogP) is 1.53. The Balaban J connectivity index is 1.23. The Labute approximate surface area is 181 Å². The molecule has 1 saturated heterocycles. The zero-order chi connectivity index (χ0) is 21.8. The highest BCUT2D eigenvalue weighted by molar-refractivity contribution is 6.21. The van der Waals surface area contributed by atoms with Crippen LogP contribution in [0, 0.1) is 0 Å². The second kappa shape index (κ2) is 9.26. The lowest BCUT2D eigenvalue weighted by molar-refractivity contribution is -0.121. The van der Waals surface area contributed by atoms with Gasteiger partial charge in [0.15, 0.2) is 0 Å². The van der Waals surface area contributed by atoms with E-state index in [2.05, 4.69) is 27.0 Å². The van der Waals surface area contributed by atoms with E-state index in [0.29, 0.717) is 17.7 Å². The topological polar surface area (TPSA) is 85.9 Å². The van der Waals surface area contributed by atoms with Crippen molar-refractivity contribution in [2.75, 3.05) is 44.2 Å². The van der Waals surface area contributed by atoms with Crippen molar-refractivity contribution in [1.82, 2.24) is 20.1 Å². The highest BCUT2D eigenvalue weighted by Gasteiger charge is 2.34. The van der Waals surface area contributed by atoms with Crippen LogP contribution in [0.4, 0.5) is 5.82 Å². The molecule has 1 aromatic carbocycles. The number of hydrogen-bond donors (Lipinski definition) is 1. The molecule has 1 N–H and O–H groups in total. The van der Waals surface area contributed by atoms with Gasteiger partial charge in [-0.3, -0.25) is 19.3 Å². The number of benzene rings is 1. The molecule has 0 atom stereocenters. The molecule has 31 heavy (non-hydrogen) atoms. The smallest absolute Gasteiger partial charge is 0.261 e. The van der Waals surface area contributed by atoms with E-state index in [4.69, 9.17) is 0 Å². The first-order valence-electron chi connectivity index (χ1n) is 10.7. The Hall–Kier alpha value is -3.26. The van der Waals surface area contributed by atoms with E-state index in [1.165, 1.54) is 0 Å². The second-order valence-electron chi connectivity index (χ2n) is 7.78. The van der Waals surface area contributed by atoms with Crippen molar-refractivity contribution in [3.8, 4) is 0 Å². The summed E-state index contributed by atoms with van der Waals surface area (Å²) < 4.78 is 0. The maximum Gasteiger partial charge on any atom is 0.261 e. The van der Waals surface area contributed by atoms with Gasteiger partial charge < -0.3 is 15.1 Å². The van der Waals surface area contributed by atoms with E-state index in [1.54, 1.807) is 30.5 Å². The Morgan fingerprint density at radius 1 is 1.00 bits per heavy atom. The van der Waals surface area contributed by atoms with Gasteiger partial charge in [0.2, 0.25) is 5.91 Å². The molecule has 0 spiro atoms. The summed E-state index contributed by atoms with van der Waals surface area (Å²) in [5.41, 5.74) is 1.70. The van der Waals surface area contributed by atoms with Crippen LogP contribution >= 0.6 is 0 Å². The molecule has 3 heterocycles. The van der Waals surface area contributed by atoms with Gasteiger partial charge in [0.25, 0.3) is 11.8 Å². The standard InChI is InChI=1S/C23H27N5O3/c1-2-26-11-13-27(14-12-26)20-8-7-17(15-24-20)16-25-21(29)9-10-28-22(30)18-5-3-4-6-19(18)23(28)31/h3-8,15H,2,9-14,16H2,1H3,(H,25,29). The van der Waals surface area contributed by atoms with Crippen LogP contribution in [-0.2, 0) is 11.3 Å². The van der Waals surface area contributed by atoms with Gasteiger partial charge in [0.1, 0.15) is 5.82 Å². The van der Waals surface area contributed by atoms with Crippen LogP contribution in [0.2, 0.25) is 0 Å². The van der Waals surface area contributed by atoms with E-state index < -0.39 is 0 Å². The molecule has 8 heteroatoms. The Bertz CT molecular complexity index is 932. The lowest BCUT2D eigenvalue weighted by atomic mass is 10.1. The third kappa shape index (κ3) is 4.59. The van der Waals surface area contributed by atoms with E-state index >= 15 is 0 Å². The number of nitrogens with one attached hydrogen (secondary N) is 1. The average Bonchev–Trinajstić information content (AvgIpc) is 3.06. The number of rotatable bonds is 7. The molecule has 8 nitrogen and oxygen atoms in total. The minimum absolute atomic E-state index is 0.0681. The summed E-state index contributed by atoms with van der Waals surface area (Å²) in [7, 11) is 0. The van der Waals surface area contributed by atoms with Gasteiger partial charge in [0.05, 0.1) is 11.1 Å². The van der Waals surface area contributed by atoms with Crippen molar-refractivity contribution in [2.45, 2.75) is 19.9 Å². The summed E-state index contributed by atoms with van der Waals surface area (Å²) in [5, 5.41) is 2.84. The van der Waals surface area contributed by atoms with Crippen LogP contribution in [0.1, 0.15) is 39.6 Å². The molecule has 0 unspecified atom stereocenters. The molecule has 2 aliphatic heterocycles. The number of aromatic nitrogens is 1. The first-order chi connectivity index (χ1) is 15.1. The number of pyridine rings is 1. The maximum absolute atomic E-state index is 12.4. The fourth-order valence-corrected chi connectivity index (χ4v) is 3.95. The average molecular weight is 422 g/mol. The molecule has 1 aromatic heterocycles. The summed E-state index contributed by atoms with van der Waals surface area (Å²) in [6, 6.07) is 10.7. The van der Waals surface area contributed by atoms with Crippen molar-refractivity contribution in [3.05, 3.63) is 59.3 Å². The van der Waals surface area contributed by atoms with Crippen LogP contribution in [0.3, 0.4) is 0 Å². The number of nitrogens with zero attached hydrogens (tertiary/aromatic N) is 4. The molecule has 2 aromatic rings. The van der Waals surface area contributed by atoms with Crippen molar-refractivity contribution in [3.63, 3.8) is 0 Å². The molecule has 162 valence electrons. The number of carbonyl (C=O) groups is 3. The van der Waals surface area contributed by atoms with Gasteiger partial charge in [-0.05, 0) is 30.3 Å². The quantitative estimate of drug-likeness (QED) is 0.683. The summed E-state index contributed by atoms with van der Waals surface area (Å²) in [6.07, 6.45) is 1.85. The number of hydrogen-bond acceptors (Lipinski definition) is 6. The fraction of sp³-hybridized carbons (Fsp3) is 0.391. The summed E-state index contributed by atoms with van der Waals surface area (Å²) in [5.74, 6) is 0.0636. The Morgan fingerprint density at radius 2 is 1.68 bits per heavy atom. The van der Waals surface area contributed by atoms with E-state index in [0.717, 1.165) is 49.0 Å². The van der Waals surface area contributed by atoms with Crippen molar-refractivity contribution in [1.29, 1.82) is 0 Å². The highest BCUT2D eigenvalue weighted by atomic mass is 16.2. The number of piperazine rings is 1. The number of likely N-dealkylation sites (N-methyl/N-ethyl adjacent to an activating group) is 1. The number of amides is 3. The minimum Gasteiger partial charge on any atom is -0.354 e. The second-order valence-corrected chi connectivity index (χ2v) is 7.78. The van der Waals surface area contributed by atoms with Crippen LogP contribution in [0.25, 0.3) is 0 Å². The molecular formula is C23H27N5O3. The lowest BCUT2D eigenvalue weighted by Gasteiger charge is -2.34. The van der Waals surface area contributed by atoms with Crippen molar-refractivity contribution < 1.29 is 14.4 Å². The first kappa shape index (κ1) is 21.0. The monoisotopic (exact) mass is 421 g/mol. The van der Waals surface area contributed by atoms with E-state index in [-0.39, 0.29) is 30.7 Å². The van der Waals surface area contributed by atoms with Crippen LogP contribution in [0.5, 0.6) is 0 Å². The van der Waals surface area contributed by atoms with Crippen LogP contribution < -0.4 is 10.2 Å². The van der Waals surface area contributed by atoms with Crippen molar-refractivity contribution >= 4 is 23.5 Å². The minimum atomic E-state index is -0.340. The Kier molecular flexibility index (Phi) is 6.27. The molecular weight excluding hydrogens is 394 g/mol. The normalized spacial score (nSPS) is 16.5. The number of fused-ring (bicyclic) bond motifs is 1. The molecule has 4 rings (SSSR count). The van der Waals surface area contributed by atoms with Gasteiger partial charge in [-0.1, -0.05) is 25.1 Å². The third-order valence-corrected chi connectivity index (χ3v) is 5.88. The van der Waals surface area contributed by atoms with E-state index in [9.17, 15) is 14.4 Å². The van der Waals surface area contributed by atoms with E-state index in [1.807, 2.05) is 12.1 Å². The fourth-order valence-electron chi connectivity index (χ4n) is 3.95. The molecule has 1 fully saturated rings. The third-order valence-electron chi connectivity index (χ3n) is 5.88. The van der Waals surface area contributed by atoms with Gasteiger partial charge in [-0.15, -0.1) is 0 Å². The predicted molar refractivity (Wildman–Crippen MR) is 117 cm³/mol. The maximum atomic E-state index is 12.4. The molecule has 0 aliphatic carbocycles. The van der Waals surface area contributed by atoms with Gasteiger partial charge in [0, 0.05) is 51.9 Å². The highest BCUT2D eigenvalue weighted by Crippen LogP contribution is 2.22. The lowest BCUT2D eigenvalue weighted by Crippen LogP contribution is -2.46. The molecule has 3 amide bonds. The molecule has 0 saturated carbocycles. The number of carbonyl (C=O) groups excluding carboxylic acids is 3. The first-order valence-corrected chi connectivity index (χ1v) is 10.7. The van der Waals surface area contributed by atoms with Gasteiger partial charge >= 0.3 is 0 Å². The largest absolute Gasteiger partial charge is 0.354 e. The number of anilines is 1. The van der Waals surface area contributed by atoms with Gasteiger partial charge in [-0.25, -0.2) is 4.98 Å². The molecule has 2 aliphatic rings. The SMILES string of the molecule is CCN1CCN(c2ccc(CNC(=O)CCN3C(=O)c4ccccc4C3=O)cn2)CC1. The molecule has 0 bridgehead atoms. The Morgan fingerprint density at radius 3 is 2.26 bits per heavy atom. The summed E-state index contributed by atoms with van der Waals surface area (Å²) >= 11 is 0. The van der Waals surface area contributed by atoms with Crippen LogP contribution in [-0.4, -0.2) is 71.8 Å². The van der Waals surface area contributed by atoms with Crippen LogP contribution in [0.15, 0.2) is 42.6 Å². The molecule has 0 radical (unpaired) electrons. The van der Waals surface area contributed by atoms with Gasteiger partial charge in [-0.2, -0.15) is 0 Å². The number of imide groups is 1. The zero-order valence-electron chi connectivity index (χ0n) is 17.7. The zero-order valence-corrected chi connectivity index (χ0v) is 17.7. The summed E-state index contributed by atoms with van der Waals surface area (Å²) in [6.45, 7) is 7.70. The summed E-state index contributed by atoms with van der Waals surface area (Å²) in [4.78, 5) is 47.3. The van der Waals surface area contributed by atoms with Crippen molar-refractivity contribution in [2.24, 2.45) is 0 Å².